The van der Waals surface area contributed by atoms with Gasteiger partial charge in [0, 0.05) is 13.2 Å². The van der Waals surface area contributed by atoms with Crippen molar-refractivity contribution in [2.24, 2.45) is 0 Å². The molecular formula is C16H18O3S. The van der Waals surface area contributed by atoms with E-state index in [1.165, 1.54) is 12.8 Å². The van der Waals surface area contributed by atoms with Crippen molar-refractivity contribution in [1.29, 1.82) is 0 Å². The Morgan fingerprint density at radius 1 is 0.700 bits per heavy atom. The van der Waals surface area contributed by atoms with Gasteiger partial charge in [-0.25, -0.2) is 8.42 Å². The Kier molecular flexibility index (Phi) is 5.32. The number of benzene rings is 2. The molecule has 1 saturated heterocycles. The van der Waals surface area contributed by atoms with Crippen LogP contribution in [0.3, 0.4) is 0 Å². The van der Waals surface area contributed by atoms with Gasteiger partial charge in [-0.15, -0.1) is 0 Å². The molecule has 4 heteroatoms. The minimum absolute atomic E-state index is 0.330. The Balaban J connectivity index is 0.000000247. The Hall–Kier alpha value is -1.65. The second kappa shape index (κ2) is 7.22. The molecule has 106 valence electrons. The smallest absolute Gasteiger partial charge is 0.206 e. The summed E-state index contributed by atoms with van der Waals surface area (Å²) in [5.41, 5.74) is 0. The summed E-state index contributed by atoms with van der Waals surface area (Å²) in [4.78, 5) is 0.660. The van der Waals surface area contributed by atoms with Crippen LogP contribution in [0.25, 0.3) is 0 Å². The van der Waals surface area contributed by atoms with Gasteiger partial charge in [-0.3, -0.25) is 0 Å². The molecule has 0 unspecified atom stereocenters. The zero-order valence-electron chi connectivity index (χ0n) is 11.2. The molecule has 1 aliphatic heterocycles. The predicted molar refractivity (Wildman–Crippen MR) is 78.4 cm³/mol. The SMILES string of the molecule is C1CCOC1.O=S(=O)(c1ccccc1)c1ccccc1. The summed E-state index contributed by atoms with van der Waals surface area (Å²) < 4.78 is 29.0. The minimum Gasteiger partial charge on any atom is -0.381 e. The molecule has 0 atom stereocenters. The van der Waals surface area contributed by atoms with Crippen LogP contribution in [0.2, 0.25) is 0 Å². The third kappa shape index (κ3) is 3.92. The van der Waals surface area contributed by atoms with Gasteiger partial charge in [0.25, 0.3) is 0 Å². The monoisotopic (exact) mass is 290 g/mol. The maximum absolute atomic E-state index is 12.0. The van der Waals surface area contributed by atoms with Crippen molar-refractivity contribution in [3.05, 3.63) is 60.7 Å². The predicted octanol–water partition coefficient (Wildman–Crippen LogP) is 3.32. The highest BCUT2D eigenvalue weighted by atomic mass is 32.2. The van der Waals surface area contributed by atoms with Crippen molar-refractivity contribution in [3.63, 3.8) is 0 Å². The van der Waals surface area contributed by atoms with E-state index in [0.717, 1.165) is 13.2 Å². The van der Waals surface area contributed by atoms with Gasteiger partial charge < -0.3 is 4.74 Å². The summed E-state index contributed by atoms with van der Waals surface area (Å²) >= 11 is 0. The summed E-state index contributed by atoms with van der Waals surface area (Å²) in [7, 11) is -3.34. The van der Waals surface area contributed by atoms with E-state index >= 15 is 0 Å². The largest absolute Gasteiger partial charge is 0.381 e. The minimum atomic E-state index is -3.34. The van der Waals surface area contributed by atoms with Gasteiger partial charge in [-0.05, 0) is 37.1 Å². The van der Waals surface area contributed by atoms with Gasteiger partial charge in [-0.2, -0.15) is 0 Å². The number of rotatable bonds is 2. The Morgan fingerprint density at radius 2 is 1.10 bits per heavy atom. The van der Waals surface area contributed by atoms with E-state index < -0.39 is 9.84 Å². The normalized spacial score (nSPS) is 14.4. The molecule has 0 bridgehead atoms. The highest BCUT2D eigenvalue weighted by Crippen LogP contribution is 2.19. The number of ether oxygens (including phenoxy) is 1. The van der Waals surface area contributed by atoms with Crippen molar-refractivity contribution < 1.29 is 13.2 Å². The number of hydrogen-bond acceptors (Lipinski definition) is 3. The number of hydrogen-bond donors (Lipinski definition) is 0. The molecule has 1 aliphatic rings. The van der Waals surface area contributed by atoms with Crippen LogP contribution in [-0.4, -0.2) is 21.6 Å². The Bertz CT molecular complexity index is 550. The molecule has 0 radical (unpaired) electrons. The molecule has 1 heterocycles. The molecule has 1 fully saturated rings. The first kappa shape index (κ1) is 14.8. The van der Waals surface area contributed by atoms with Crippen LogP contribution < -0.4 is 0 Å². The van der Waals surface area contributed by atoms with Crippen molar-refractivity contribution in [3.8, 4) is 0 Å². The third-order valence-corrected chi connectivity index (χ3v) is 4.72. The lowest BCUT2D eigenvalue weighted by molar-refractivity contribution is 0.198. The zero-order chi connectivity index (χ0) is 14.3. The highest BCUT2D eigenvalue weighted by Gasteiger charge is 2.15. The average molecular weight is 290 g/mol. The van der Waals surface area contributed by atoms with E-state index in [1.807, 2.05) is 0 Å². The topological polar surface area (TPSA) is 43.4 Å². The fraction of sp³-hybridized carbons (Fsp3) is 0.250. The maximum Gasteiger partial charge on any atom is 0.206 e. The van der Waals surface area contributed by atoms with Gasteiger partial charge in [0.05, 0.1) is 9.79 Å². The van der Waals surface area contributed by atoms with Crippen LogP contribution in [0.5, 0.6) is 0 Å². The average Bonchev–Trinajstić information content (AvgIpc) is 3.09. The Morgan fingerprint density at radius 3 is 1.40 bits per heavy atom. The molecular weight excluding hydrogens is 272 g/mol. The first-order chi connectivity index (χ1) is 9.71. The molecule has 0 N–H and O–H groups in total. The van der Waals surface area contributed by atoms with Crippen molar-refractivity contribution in [1.82, 2.24) is 0 Å². The van der Waals surface area contributed by atoms with Gasteiger partial charge >= 0.3 is 0 Å². The first-order valence-electron chi connectivity index (χ1n) is 6.64. The van der Waals surface area contributed by atoms with Crippen LogP contribution in [0.4, 0.5) is 0 Å². The molecule has 3 nitrogen and oxygen atoms in total. The molecule has 0 aliphatic carbocycles. The summed E-state index contributed by atoms with van der Waals surface area (Å²) in [5.74, 6) is 0. The van der Waals surface area contributed by atoms with Gasteiger partial charge in [0.2, 0.25) is 9.84 Å². The zero-order valence-corrected chi connectivity index (χ0v) is 12.1. The van der Waals surface area contributed by atoms with E-state index in [0.29, 0.717) is 9.79 Å². The molecule has 2 aromatic carbocycles. The Labute approximate surface area is 120 Å². The lowest BCUT2D eigenvalue weighted by atomic mass is 10.4. The quantitative estimate of drug-likeness (QED) is 0.852. The van der Waals surface area contributed by atoms with E-state index in [-0.39, 0.29) is 0 Å². The summed E-state index contributed by atoms with van der Waals surface area (Å²) in [6.07, 6.45) is 2.56. The maximum atomic E-state index is 12.0. The van der Waals surface area contributed by atoms with Crippen molar-refractivity contribution in [2.45, 2.75) is 22.6 Å². The van der Waals surface area contributed by atoms with Gasteiger partial charge in [-0.1, -0.05) is 36.4 Å². The summed E-state index contributed by atoms with van der Waals surface area (Å²) in [5, 5.41) is 0. The van der Waals surface area contributed by atoms with Crippen LogP contribution in [-0.2, 0) is 14.6 Å². The summed E-state index contributed by atoms with van der Waals surface area (Å²) in [6, 6.07) is 16.9. The molecule has 2 aromatic rings. The number of sulfone groups is 1. The van der Waals surface area contributed by atoms with Crippen LogP contribution in [0.1, 0.15) is 12.8 Å². The van der Waals surface area contributed by atoms with E-state index in [2.05, 4.69) is 0 Å². The third-order valence-electron chi connectivity index (χ3n) is 2.93. The fourth-order valence-corrected chi connectivity index (χ4v) is 3.15. The van der Waals surface area contributed by atoms with Crippen LogP contribution in [0.15, 0.2) is 70.5 Å². The fourth-order valence-electron chi connectivity index (χ4n) is 1.85. The van der Waals surface area contributed by atoms with Gasteiger partial charge in [0.1, 0.15) is 0 Å². The lowest BCUT2D eigenvalue weighted by Gasteiger charge is -2.03. The molecule has 20 heavy (non-hydrogen) atoms. The van der Waals surface area contributed by atoms with E-state index in [9.17, 15) is 8.42 Å². The van der Waals surface area contributed by atoms with Crippen molar-refractivity contribution in [2.75, 3.05) is 13.2 Å². The van der Waals surface area contributed by atoms with E-state index in [4.69, 9.17) is 4.74 Å². The molecule has 0 saturated carbocycles. The molecule has 0 spiro atoms. The lowest BCUT2D eigenvalue weighted by Crippen LogP contribution is -2.00. The van der Waals surface area contributed by atoms with Gasteiger partial charge in [0.15, 0.2) is 0 Å². The first-order valence-corrected chi connectivity index (χ1v) is 8.12. The molecule has 0 aromatic heterocycles. The standard InChI is InChI=1S/C12H10O2S.C4H8O/c13-15(14,11-7-3-1-4-8-11)12-9-5-2-6-10-12;1-2-4-5-3-1/h1-10H;1-4H2. The highest BCUT2D eigenvalue weighted by molar-refractivity contribution is 7.91. The second-order valence-corrected chi connectivity index (χ2v) is 6.40. The van der Waals surface area contributed by atoms with Crippen LogP contribution >= 0.6 is 0 Å². The van der Waals surface area contributed by atoms with Crippen molar-refractivity contribution >= 4 is 9.84 Å². The second-order valence-electron chi connectivity index (χ2n) is 4.45. The molecule has 0 amide bonds. The summed E-state index contributed by atoms with van der Waals surface area (Å²) in [6.45, 7) is 2.00. The molecule has 3 rings (SSSR count). The van der Waals surface area contributed by atoms with Crippen LogP contribution in [0, 0.1) is 0 Å². The van der Waals surface area contributed by atoms with E-state index in [1.54, 1.807) is 60.7 Å².